The van der Waals surface area contributed by atoms with Crippen molar-refractivity contribution < 1.29 is 4.79 Å². The fourth-order valence-electron chi connectivity index (χ4n) is 4.80. The number of imidazole rings is 1. The monoisotopic (exact) mass is 494 g/mol. The van der Waals surface area contributed by atoms with E-state index in [2.05, 4.69) is 67.9 Å². The fraction of sp³-hybridized carbons (Fsp3) is 0.312. The molecule has 0 fully saturated rings. The maximum atomic E-state index is 13.9. The summed E-state index contributed by atoms with van der Waals surface area (Å²) in [6.07, 6.45) is 2.86. The van der Waals surface area contributed by atoms with Crippen LogP contribution in [-0.2, 0) is 6.54 Å². The predicted octanol–water partition coefficient (Wildman–Crippen LogP) is 6.40. The van der Waals surface area contributed by atoms with Crippen molar-refractivity contribution in [3.8, 4) is 11.3 Å². The molecule has 4 aromatic rings. The van der Waals surface area contributed by atoms with Crippen molar-refractivity contribution >= 4 is 5.91 Å². The number of nitrogens with zero attached hydrogens (tertiary/aromatic N) is 3. The second kappa shape index (κ2) is 12.0. The molecule has 0 bridgehead atoms. The summed E-state index contributed by atoms with van der Waals surface area (Å²) in [5, 5.41) is 0. The summed E-state index contributed by atoms with van der Waals surface area (Å²) in [5.74, 6) is 1.06. The topological polar surface area (TPSA) is 64.2 Å². The lowest BCUT2D eigenvalue weighted by Crippen LogP contribution is -2.40. The van der Waals surface area contributed by atoms with Gasteiger partial charge in [-0.05, 0) is 56.0 Å². The Balaban J connectivity index is 1.83. The molecular formula is C32H38N4O. The lowest BCUT2D eigenvalue weighted by Gasteiger charge is -2.34. The van der Waals surface area contributed by atoms with E-state index in [0.717, 1.165) is 29.1 Å². The van der Waals surface area contributed by atoms with Crippen molar-refractivity contribution in [3.63, 3.8) is 0 Å². The maximum Gasteiger partial charge on any atom is 0.254 e. The van der Waals surface area contributed by atoms with Gasteiger partial charge in [-0.3, -0.25) is 4.79 Å². The van der Waals surface area contributed by atoms with Gasteiger partial charge in [-0.1, -0.05) is 86.1 Å². The van der Waals surface area contributed by atoms with Crippen LogP contribution in [0.1, 0.15) is 59.2 Å². The van der Waals surface area contributed by atoms with E-state index in [4.69, 9.17) is 10.7 Å². The van der Waals surface area contributed by atoms with Crippen molar-refractivity contribution in [1.29, 1.82) is 0 Å². The zero-order valence-corrected chi connectivity index (χ0v) is 22.4. The molecule has 1 atom stereocenters. The molecule has 0 spiro atoms. The highest BCUT2D eigenvalue weighted by molar-refractivity contribution is 5.94. The largest absolute Gasteiger partial charge is 0.330 e. The average molecular weight is 495 g/mol. The van der Waals surface area contributed by atoms with Gasteiger partial charge in [0.2, 0.25) is 0 Å². The number of amides is 1. The highest BCUT2D eigenvalue weighted by atomic mass is 16.2. The molecule has 5 heteroatoms. The van der Waals surface area contributed by atoms with Crippen LogP contribution in [0.15, 0.2) is 85.1 Å². The van der Waals surface area contributed by atoms with Crippen LogP contribution in [0, 0.1) is 19.8 Å². The van der Waals surface area contributed by atoms with Crippen LogP contribution < -0.4 is 5.73 Å². The summed E-state index contributed by atoms with van der Waals surface area (Å²) in [6.45, 7) is 10.3. The van der Waals surface area contributed by atoms with Gasteiger partial charge >= 0.3 is 0 Å². The third-order valence-corrected chi connectivity index (χ3v) is 6.87. The third-order valence-electron chi connectivity index (χ3n) is 6.87. The normalized spacial score (nSPS) is 12.1. The van der Waals surface area contributed by atoms with E-state index in [9.17, 15) is 4.79 Å². The number of aryl methyl sites for hydroxylation is 2. The summed E-state index contributed by atoms with van der Waals surface area (Å²) in [5.41, 5.74) is 12.2. The minimum atomic E-state index is -0.207. The van der Waals surface area contributed by atoms with Crippen LogP contribution in [0.2, 0.25) is 0 Å². The van der Waals surface area contributed by atoms with Crippen molar-refractivity contribution in [2.24, 2.45) is 11.7 Å². The standard InChI is InChI=1S/C32H38N4O/c1-23(2)30(36(20-10-19-33)32(37)27-17-15-24(3)16-18-27)31-34-29(26-12-6-5-7-13-26)22-35(31)21-28-14-9-8-11-25(28)4/h5-9,11-18,22-23,30H,10,19-21,33H2,1-4H3. The van der Waals surface area contributed by atoms with Gasteiger partial charge in [-0.25, -0.2) is 4.98 Å². The number of rotatable bonds is 10. The molecule has 0 aliphatic rings. The van der Waals surface area contributed by atoms with Crippen LogP contribution in [-0.4, -0.2) is 33.4 Å². The van der Waals surface area contributed by atoms with Crippen LogP contribution in [0.3, 0.4) is 0 Å². The molecule has 192 valence electrons. The first kappa shape index (κ1) is 26.4. The molecule has 0 radical (unpaired) electrons. The molecule has 4 rings (SSSR count). The molecule has 0 saturated carbocycles. The minimum absolute atomic E-state index is 0.0128. The van der Waals surface area contributed by atoms with Gasteiger partial charge in [-0.2, -0.15) is 0 Å². The Bertz CT molecular complexity index is 1310. The van der Waals surface area contributed by atoms with E-state index in [0.29, 0.717) is 25.2 Å². The smallest absolute Gasteiger partial charge is 0.254 e. The zero-order chi connectivity index (χ0) is 26.4. The van der Waals surface area contributed by atoms with E-state index in [-0.39, 0.29) is 17.9 Å². The molecule has 1 unspecified atom stereocenters. The SMILES string of the molecule is Cc1ccc(C(=O)N(CCCN)C(c2nc(-c3ccccc3)cn2Cc2ccccc2C)C(C)C)cc1. The van der Waals surface area contributed by atoms with E-state index in [1.54, 1.807) is 0 Å². The lowest BCUT2D eigenvalue weighted by atomic mass is 9.99. The van der Waals surface area contributed by atoms with Gasteiger partial charge in [0.05, 0.1) is 11.7 Å². The Morgan fingerprint density at radius 3 is 2.27 bits per heavy atom. The van der Waals surface area contributed by atoms with Crippen LogP contribution in [0.4, 0.5) is 0 Å². The molecule has 37 heavy (non-hydrogen) atoms. The predicted molar refractivity (Wildman–Crippen MR) is 151 cm³/mol. The van der Waals surface area contributed by atoms with Gasteiger partial charge in [0.15, 0.2) is 0 Å². The van der Waals surface area contributed by atoms with Crippen LogP contribution in [0.25, 0.3) is 11.3 Å². The van der Waals surface area contributed by atoms with E-state index in [1.807, 2.05) is 54.3 Å². The first-order valence-corrected chi connectivity index (χ1v) is 13.1. The van der Waals surface area contributed by atoms with Gasteiger partial charge in [0, 0.05) is 30.4 Å². The van der Waals surface area contributed by atoms with Crippen molar-refractivity contribution in [1.82, 2.24) is 14.5 Å². The van der Waals surface area contributed by atoms with Gasteiger partial charge < -0.3 is 15.2 Å². The lowest BCUT2D eigenvalue weighted by molar-refractivity contribution is 0.0604. The average Bonchev–Trinajstić information content (AvgIpc) is 3.31. The summed E-state index contributed by atoms with van der Waals surface area (Å²) >= 11 is 0. The first-order valence-electron chi connectivity index (χ1n) is 13.1. The number of nitrogens with two attached hydrogens (primary N) is 1. The third kappa shape index (κ3) is 6.17. The quantitative estimate of drug-likeness (QED) is 0.277. The molecule has 0 aliphatic heterocycles. The van der Waals surface area contributed by atoms with E-state index in [1.165, 1.54) is 11.1 Å². The Morgan fingerprint density at radius 1 is 0.946 bits per heavy atom. The molecule has 1 aromatic heterocycles. The van der Waals surface area contributed by atoms with E-state index < -0.39 is 0 Å². The Labute approximate surface area is 221 Å². The number of hydrogen-bond donors (Lipinski definition) is 1. The number of benzene rings is 3. The number of hydrogen-bond acceptors (Lipinski definition) is 3. The number of carbonyl (C=O) groups is 1. The molecule has 5 nitrogen and oxygen atoms in total. The summed E-state index contributed by atoms with van der Waals surface area (Å²) in [4.78, 5) is 21.1. The minimum Gasteiger partial charge on any atom is -0.330 e. The summed E-state index contributed by atoms with van der Waals surface area (Å²) in [7, 11) is 0. The van der Waals surface area contributed by atoms with Crippen LogP contribution in [0.5, 0.6) is 0 Å². The molecule has 1 heterocycles. The van der Waals surface area contributed by atoms with Gasteiger partial charge in [0.1, 0.15) is 5.82 Å². The summed E-state index contributed by atoms with van der Waals surface area (Å²) < 4.78 is 2.23. The Hall–Kier alpha value is -3.70. The van der Waals surface area contributed by atoms with Crippen molar-refractivity contribution in [2.75, 3.05) is 13.1 Å². The van der Waals surface area contributed by atoms with Crippen molar-refractivity contribution in [3.05, 3.63) is 113 Å². The fourth-order valence-corrected chi connectivity index (χ4v) is 4.80. The zero-order valence-electron chi connectivity index (χ0n) is 22.4. The molecule has 0 saturated heterocycles. The number of aromatic nitrogens is 2. The van der Waals surface area contributed by atoms with Crippen LogP contribution >= 0.6 is 0 Å². The molecule has 1 amide bonds. The number of carbonyl (C=O) groups excluding carboxylic acids is 1. The maximum absolute atomic E-state index is 13.9. The Morgan fingerprint density at radius 2 is 1.62 bits per heavy atom. The molecule has 3 aromatic carbocycles. The highest BCUT2D eigenvalue weighted by Crippen LogP contribution is 2.33. The van der Waals surface area contributed by atoms with E-state index >= 15 is 0 Å². The van der Waals surface area contributed by atoms with Gasteiger partial charge in [0.25, 0.3) is 5.91 Å². The first-order chi connectivity index (χ1) is 17.9. The molecule has 0 aliphatic carbocycles. The summed E-state index contributed by atoms with van der Waals surface area (Å²) in [6, 6.07) is 26.3. The second-order valence-corrected chi connectivity index (χ2v) is 10.1. The molecular weight excluding hydrogens is 456 g/mol. The highest BCUT2D eigenvalue weighted by Gasteiger charge is 2.32. The Kier molecular flexibility index (Phi) is 8.57. The molecule has 2 N–H and O–H groups in total. The van der Waals surface area contributed by atoms with Crippen molar-refractivity contribution in [2.45, 2.75) is 46.7 Å². The van der Waals surface area contributed by atoms with Gasteiger partial charge in [-0.15, -0.1) is 0 Å². The second-order valence-electron chi connectivity index (χ2n) is 10.1.